The number of hydrogen-bond donors (Lipinski definition) is 6. The van der Waals surface area contributed by atoms with Crippen molar-refractivity contribution >= 4 is 68.9 Å². The molecule has 410 valence electrons. The molecule has 0 saturated heterocycles. The summed E-state index contributed by atoms with van der Waals surface area (Å²) in [5, 5.41) is 46.6. The normalized spacial score (nSPS) is 11.3. The van der Waals surface area contributed by atoms with Crippen molar-refractivity contribution in [2.24, 2.45) is 0 Å². The molecule has 0 fully saturated rings. The largest absolute Gasteiger partial charge is 0.473 e. The van der Waals surface area contributed by atoms with Gasteiger partial charge in [0.2, 0.25) is 0 Å². The Bertz CT molecular complexity index is 3890. The molecule has 0 bridgehead atoms. The quantitative estimate of drug-likeness (QED) is 0.0772. The van der Waals surface area contributed by atoms with Gasteiger partial charge in [0.1, 0.15) is 22.9 Å². The van der Waals surface area contributed by atoms with Crippen molar-refractivity contribution in [3.05, 3.63) is 254 Å². The van der Waals surface area contributed by atoms with E-state index in [-0.39, 0.29) is 23.7 Å². The van der Waals surface area contributed by atoms with Crippen LogP contribution in [-0.4, -0.2) is 104 Å². The SMILES string of the molecule is Fc1ccc(C(c2ccc3c(c2)c(-c2ccccc2)cc2nccn23)n2ccnc2)cc1.Fc1ccc(C(c2ccc3c(c2)c(-c2ccccc2)cc2nccn23)n2ccnc2)cc1.O=C(O)C(=O)O.O=C(O)C(=O)O.O=C(O)C(=O)O. The van der Waals surface area contributed by atoms with Gasteiger partial charge in [-0.3, -0.25) is 8.80 Å². The monoisotopic (exact) mass is 1110 g/mol. The van der Waals surface area contributed by atoms with Crippen LogP contribution in [0.15, 0.2) is 220 Å². The number of imidazole rings is 4. The van der Waals surface area contributed by atoms with Gasteiger partial charge in [-0.25, -0.2) is 57.5 Å². The van der Waals surface area contributed by atoms with Gasteiger partial charge < -0.3 is 39.8 Å². The van der Waals surface area contributed by atoms with E-state index in [1.807, 2.05) is 107 Å². The molecular formula is C60H44F2N8O12. The summed E-state index contributed by atoms with van der Waals surface area (Å²) in [6, 6.07) is 51.1. The lowest BCUT2D eigenvalue weighted by Gasteiger charge is -2.21. The lowest BCUT2D eigenvalue weighted by Crippen LogP contribution is -2.11. The summed E-state index contributed by atoms with van der Waals surface area (Å²) < 4.78 is 35.6. The van der Waals surface area contributed by atoms with E-state index < -0.39 is 35.8 Å². The maximum Gasteiger partial charge on any atom is 0.414 e. The zero-order valence-corrected chi connectivity index (χ0v) is 42.4. The number of rotatable bonds is 8. The zero-order valence-electron chi connectivity index (χ0n) is 42.4. The Hall–Kier alpha value is -11.7. The van der Waals surface area contributed by atoms with Gasteiger partial charge in [-0.1, -0.05) is 97.1 Å². The van der Waals surface area contributed by atoms with Gasteiger partial charge in [0.25, 0.3) is 0 Å². The molecule has 0 amide bonds. The standard InChI is InChI=1S/2C27H19FN4.3C2H2O4/c2*28-22-9-6-20(7-10-22)27(31-14-12-29-18-31)21-8-11-25-24(16-21)23(19-4-2-1-3-5-19)17-26-30-13-15-32(25)26;3*3-1(4)2(5)6/h2*1-18,27H;3*(H,3,4)(H,5,6). The molecule has 12 rings (SSSR count). The number of halogens is 2. The van der Waals surface area contributed by atoms with Gasteiger partial charge in [-0.05, 0) is 105 Å². The smallest absolute Gasteiger partial charge is 0.414 e. The Morgan fingerprint density at radius 1 is 0.378 bits per heavy atom. The van der Waals surface area contributed by atoms with Crippen molar-refractivity contribution in [1.29, 1.82) is 0 Å². The molecule has 0 radical (unpaired) electrons. The average molecular weight is 1110 g/mol. The molecule has 0 saturated carbocycles. The second-order valence-electron chi connectivity index (χ2n) is 17.5. The van der Waals surface area contributed by atoms with Crippen LogP contribution < -0.4 is 0 Å². The number of carboxylic acid groups (broad SMARTS) is 6. The van der Waals surface area contributed by atoms with Crippen molar-refractivity contribution in [2.45, 2.75) is 12.1 Å². The van der Waals surface area contributed by atoms with Crippen LogP contribution >= 0.6 is 0 Å². The summed E-state index contributed by atoms with van der Waals surface area (Å²) in [5.41, 5.74) is 12.7. The van der Waals surface area contributed by atoms with E-state index in [9.17, 15) is 8.78 Å². The molecule has 12 aromatic rings. The van der Waals surface area contributed by atoms with Gasteiger partial charge in [-0.2, -0.15) is 0 Å². The highest BCUT2D eigenvalue weighted by Crippen LogP contribution is 2.37. The van der Waals surface area contributed by atoms with Crippen LogP contribution in [0, 0.1) is 11.6 Å². The van der Waals surface area contributed by atoms with Gasteiger partial charge >= 0.3 is 35.8 Å². The molecule has 2 unspecified atom stereocenters. The molecule has 20 nitrogen and oxygen atoms in total. The molecule has 22 heteroatoms. The third kappa shape index (κ3) is 13.3. The molecule has 0 aliphatic rings. The molecule has 82 heavy (non-hydrogen) atoms. The summed E-state index contributed by atoms with van der Waals surface area (Å²) in [6.07, 6.45) is 18.6. The summed E-state index contributed by atoms with van der Waals surface area (Å²) in [7, 11) is 0. The highest BCUT2D eigenvalue weighted by atomic mass is 19.1. The maximum atomic E-state index is 13.6. The Balaban J connectivity index is 0.000000166. The van der Waals surface area contributed by atoms with Crippen molar-refractivity contribution in [1.82, 2.24) is 37.9 Å². The van der Waals surface area contributed by atoms with Crippen LogP contribution in [-0.2, 0) is 28.8 Å². The number of aromatic nitrogens is 8. The third-order valence-corrected chi connectivity index (χ3v) is 12.4. The minimum Gasteiger partial charge on any atom is -0.473 e. The van der Waals surface area contributed by atoms with E-state index in [4.69, 9.17) is 59.4 Å². The Kier molecular flexibility index (Phi) is 17.7. The molecule has 0 aliphatic heterocycles. The molecule has 0 spiro atoms. The first kappa shape index (κ1) is 56.5. The summed E-state index contributed by atoms with van der Waals surface area (Å²) in [6.45, 7) is 0. The number of benzene rings is 6. The fourth-order valence-corrected chi connectivity index (χ4v) is 8.88. The van der Waals surface area contributed by atoms with E-state index >= 15 is 0 Å². The van der Waals surface area contributed by atoms with E-state index in [1.165, 1.54) is 24.3 Å². The van der Waals surface area contributed by atoms with Crippen LogP contribution in [0.1, 0.15) is 34.3 Å². The summed E-state index contributed by atoms with van der Waals surface area (Å²) >= 11 is 0. The van der Waals surface area contributed by atoms with Gasteiger partial charge in [0, 0.05) is 60.3 Å². The van der Waals surface area contributed by atoms with Crippen LogP contribution in [0.3, 0.4) is 0 Å². The Morgan fingerprint density at radius 3 is 1.01 bits per heavy atom. The maximum absolute atomic E-state index is 13.6. The van der Waals surface area contributed by atoms with Crippen molar-refractivity contribution < 1.29 is 68.2 Å². The average Bonchev–Trinajstić information content (AvgIpc) is 4.50. The van der Waals surface area contributed by atoms with Crippen LogP contribution in [0.5, 0.6) is 0 Å². The number of hydrogen-bond acceptors (Lipinski definition) is 10. The molecule has 2 atom stereocenters. The fraction of sp³-hybridized carbons (Fsp3) is 0.0333. The van der Waals surface area contributed by atoms with Crippen molar-refractivity contribution in [2.75, 3.05) is 0 Å². The lowest BCUT2D eigenvalue weighted by atomic mass is 9.94. The number of nitrogens with zero attached hydrogens (tertiary/aromatic N) is 8. The van der Waals surface area contributed by atoms with Gasteiger partial charge in [0.05, 0.1) is 35.8 Å². The lowest BCUT2D eigenvalue weighted by molar-refractivity contribution is -0.159. The molecule has 6 heterocycles. The first-order valence-electron chi connectivity index (χ1n) is 24.2. The first-order valence-corrected chi connectivity index (χ1v) is 24.2. The van der Waals surface area contributed by atoms with Gasteiger partial charge in [-0.15, -0.1) is 0 Å². The number of pyridine rings is 2. The summed E-state index contributed by atoms with van der Waals surface area (Å²) in [5.74, 6) is -11.4. The summed E-state index contributed by atoms with van der Waals surface area (Å²) in [4.78, 5) is 72.1. The minimum atomic E-state index is -1.82. The van der Waals surface area contributed by atoms with E-state index in [1.54, 1.807) is 25.0 Å². The van der Waals surface area contributed by atoms with Gasteiger partial charge in [0.15, 0.2) is 0 Å². The second-order valence-corrected chi connectivity index (χ2v) is 17.5. The number of carbonyl (C=O) groups is 6. The van der Waals surface area contributed by atoms with E-state index in [0.717, 1.165) is 77.6 Å². The minimum absolute atomic E-state index is 0.121. The highest BCUT2D eigenvalue weighted by Gasteiger charge is 2.21. The van der Waals surface area contributed by atoms with Crippen LogP contribution in [0.25, 0.3) is 55.4 Å². The molecule has 0 aliphatic carbocycles. The molecule has 6 aromatic carbocycles. The molecular weight excluding hydrogens is 1060 g/mol. The van der Waals surface area contributed by atoms with E-state index in [0.29, 0.717) is 0 Å². The third-order valence-electron chi connectivity index (χ3n) is 12.4. The molecule has 6 aromatic heterocycles. The second kappa shape index (κ2) is 25.6. The van der Waals surface area contributed by atoms with Crippen molar-refractivity contribution in [3.63, 3.8) is 0 Å². The topological polar surface area (TPSA) is 294 Å². The van der Waals surface area contributed by atoms with Crippen LogP contribution in [0.4, 0.5) is 8.78 Å². The zero-order chi connectivity index (χ0) is 58.5. The Morgan fingerprint density at radius 2 is 0.707 bits per heavy atom. The Labute approximate surface area is 461 Å². The highest BCUT2D eigenvalue weighted by molar-refractivity contribution is 6.28. The first-order chi connectivity index (χ1) is 39.5. The molecule has 6 N–H and O–H groups in total. The predicted molar refractivity (Wildman–Crippen MR) is 294 cm³/mol. The number of carboxylic acids is 6. The number of aliphatic carboxylic acids is 6. The fourth-order valence-electron chi connectivity index (χ4n) is 8.88. The predicted octanol–water partition coefficient (Wildman–Crippen LogP) is 9.72. The van der Waals surface area contributed by atoms with Crippen molar-refractivity contribution in [3.8, 4) is 22.3 Å². The van der Waals surface area contributed by atoms with E-state index in [2.05, 4.69) is 102 Å². The van der Waals surface area contributed by atoms with Crippen LogP contribution in [0.2, 0.25) is 0 Å². The number of fused-ring (bicyclic) bond motifs is 6.